The Morgan fingerprint density at radius 3 is 2.13 bits per heavy atom. The van der Waals surface area contributed by atoms with Gasteiger partial charge in [-0.25, -0.2) is 0 Å². The smallest absolute Gasteiger partial charge is 0.203 e. The maximum Gasteiger partial charge on any atom is 0.203 e. The van der Waals surface area contributed by atoms with Crippen molar-refractivity contribution in [1.82, 2.24) is 10.6 Å². The number of benzene rings is 2. The average Bonchev–Trinajstić information content (AvgIpc) is 2.80. The van der Waals surface area contributed by atoms with Gasteiger partial charge in [0.1, 0.15) is 0 Å². The first-order valence-electron chi connectivity index (χ1n) is 10.1. The van der Waals surface area contributed by atoms with Gasteiger partial charge in [-0.2, -0.15) is 0 Å². The molecule has 31 heavy (non-hydrogen) atoms. The predicted octanol–water partition coefficient (Wildman–Crippen LogP) is 3.91. The molecule has 0 aliphatic rings. The van der Waals surface area contributed by atoms with Gasteiger partial charge in [0.15, 0.2) is 17.5 Å². The molecule has 0 spiro atoms. The SMILES string of the molecule is CN=C(NCCCCN(C)c1ccccc1)NCc1cc(OC)c(OC)c(OC)c1.I. The van der Waals surface area contributed by atoms with Gasteiger partial charge in [-0.05, 0) is 42.7 Å². The van der Waals surface area contributed by atoms with E-state index >= 15 is 0 Å². The van der Waals surface area contributed by atoms with E-state index in [1.54, 1.807) is 28.4 Å². The monoisotopic (exact) mass is 542 g/mol. The van der Waals surface area contributed by atoms with Crippen molar-refractivity contribution in [2.75, 3.05) is 53.4 Å². The fourth-order valence-corrected chi connectivity index (χ4v) is 3.14. The summed E-state index contributed by atoms with van der Waals surface area (Å²) in [5, 5.41) is 6.69. The maximum atomic E-state index is 5.41. The molecule has 0 bridgehead atoms. The molecule has 2 aromatic carbocycles. The number of para-hydroxylation sites is 1. The molecule has 0 saturated heterocycles. The molecule has 0 amide bonds. The predicted molar refractivity (Wildman–Crippen MR) is 139 cm³/mol. The van der Waals surface area contributed by atoms with Crippen LogP contribution in [0.2, 0.25) is 0 Å². The second kappa shape index (κ2) is 14.6. The first-order valence-corrected chi connectivity index (χ1v) is 10.1. The summed E-state index contributed by atoms with van der Waals surface area (Å²) in [6, 6.07) is 14.3. The number of halogens is 1. The van der Waals surface area contributed by atoms with Crippen LogP contribution in [0.25, 0.3) is 0 Å². The van der Waals surface area contributed by atoms with Gasteiger partial charge < -0.3 is 29.7 Å². The summed E-state index contributed by atoms with van der Waals surface area (Å²) in [6.45, 7) is 2.47. The molecule has 2 aromatic rings. The second-order valence-electron chi connectivity index (χ2n) is 6.85. The number of nitrogens with one attached hydrogen (secondary N) is 2. The van der Waals surface area contributed by atoms with Crippen molar-refractivity contribution in [3.8, 4) is 17.2 Å². The highest BCUT2D eigenvalue weighted by Gasteiger charge is 2.13. The summed E-state index contributed by atoms with van der Waals surface area (Å²) in [4.78, 5) is 6.57. The number of guanidine groups is 1. The highest BCUT2D eigenvalue weighted by atomic mass is 127. The van der Waals surface area contributed by atoms with Crippen LogP contribution in [0.4, 0.5) is 5.69 Å². The minimum absolute atomic E-state index is 0. The van der Waals surface area contributed by atoms with E-state index in [4.69, 9.17) is 14.2 Å². The Hall–Kier alpha value is -2.36. The lowest BCUT2D eigenvalue weighted by Crippen LogP contribution is -2.37. The van der Waals surface area contributed by atoms with Crippen molar-refractivity contribution >= 4 is 35.6 Å². The van der Waals surface area contributed by atoms with Gasteiger partial charge in [0.05, 0.1) is 21.3 Å². The molecular formula is C23H35IN4O3. The zero-order valence-corrected chi connectivity index (χ0v) is 21.4. The summed E-state index contributed by atoms with van der Waals surface area (Å²) < 4.78 is 16.2. The minimum Gasteiger partial charge on any atom is -0.493 e. The molecule has 0 unspecified atom stereocenters. The van der Waals surface area contributed by atoms with Gasteiger partial charge >= 0.3 is 0 Å². The van der Waals surface area contributed by atoms with Crippen LogP contribution in [0.3, 0.4) is 0 Å². The van der Waals surface area contributed by atoms with Crippen LogP contribution in [0.15, 0.2) is 47.5 Å². The molecule has 0 heterocycles. The third kappa shape index (κ3) is 8.35. The summed E-state index contributed by atoms with van der Waals surface area (Å²) >= 11 is 0. The van der Waals surface area contributed by atoms with Crippen molar-refractivity contribution in [2.45, 2.75) is 19.4 Å². The molecular weight excluding hydrogens is 507 g/mol. The van der Waals surface area contributed by atoms with Crippen molar-refractivity contribution in [2.24, 2.45) is 4.99 Å². The van der Waals surface area contributed by atoms with E-state index in [2.05, 4.69) is 51.8 Å². The maximum absolute atomic E-state index is 5.41. The van der Waals surface area contributed by atoms with Crippen LogP contribution in [0.1, 0.15) is 18.4 Å². The molecule has 172 valence electrons. The lowest BCUT2D eigenvalue weighted by atomic mass is 10.2. The third-order valence-electron chi connectivity index (χ3n) is 4.82. The van der Waals surface area contributed by atoms with Crippen LogP contribution in [0.5, 0.6) is 17.2 Å². The number of nitrogens with zero attached hydrogens (tertiary/aromatic N) is 2. The fraction of sp³-hybridized carbons (Fsp3) is 0.435. The molecule has 0 atom stereocenters. The molecule has 0 aliphatic heterocycles. The van der Waals surface area contributed by atoms with E-state index < -0.39 is 0 Å². The normalized spacial score (nSPS) is 10.7. The Morgan fingerprint density at radius 2 is 1.58 bits per heavy atom. The Bertz CT molecular complexity index is 778. The van der Waals surface area contributed by atoms with Crippen LogP contribution >= 0.6 is 24.0 Å². The van der Waals surface area contributed by atoms with Gasteiger partial charge in [-0.15, -0.1) is 24.0 Å². The molecule has 2 N–H and O–H groups in total. The minimum atomic E-state index is 0. The lowest BCUT2D eigenvalue weighted by Gasteiger charge is -2.19. The number of anilines is 1. The standard InChI is InChI=1S/C23H34N4O3.HI/c1-24-23(25-13-9-10-14-27(2)19-11-7-6-8-12-19)26-17-18-15-20(28-3)22(30-5)21(16-18)29-4;/h6-8,11-12,15-16H,9-10,13-14,17H2,1-5H3,(H2,24,25,26);1H. The molecule has 0 aromatic heterocycles. The van der Waals surface area contributed by atoms with Crippen LogP contribution in [-0.4, -0.2) is 54.5 Å². The Morgan fingerprint density at radius 1 is 0.935 bits per heavy atom. The van der Waals surface area contributed by atoms with E-state index in [0.717, 1.165) is 37.5 Å². The number of ether oxygens (including phenoxy) is 3. The van der Waals surface area contributed by atoms with E-state index in [-0.39, 0.29) is 24.0 Å². The first kappa shape index (κ1) is 26.7. The topological polar surface area (TPSA) is 67.4 Å². The van der Waals surface area contributed by atoms with Crippen molar-refractivity contribution in [3.05, 3.63) is 48.0 Å². The number of rotatable bonds is 11. The van der Waals surface area contributed by atoms with Crippen LogP contribution in [0, 0.1) is 0 Å². The number of unbranched alkanes of at least 4 members (excludes halogenated alkanes) is 1. The van der Waals surface area contributed by atoms with Gasteiger partial charge in [0, 0.05) is 39.4 Å². The molecule has 0 fully saturated rings. The zero-order chi connectivity index (χ0) is 21.8. The summed E-state index contributed by atoms with van der Waals surface area (Å²) in [7, 11) is 8.73. The average molecular weight is 542 g/mol. The molecule has 0 aliphatic carbocycles. The largest absolute Gasteiger partial charge is 0.493 e. The summed E-state index contributed by atoms with van der Waals surface area (Å²) in [5.41, 5.74) is 2.25. The van der Waals surface area contributed by atoms with Crippen LogP contribution < -0.4 is 29.7 Å². The number of hydrogen-bond acceptors (Lipinski definition) is 5. The lowest BCUT2D eigenvalue weighted by molar-refractivity contribution is 0.323. The zero-order valence-electron chi connectivity index (χ0n) is 19.1. The fourth-order valence-electron chi connectivity index (χ4n) is 3.14. The third-order valence-corrected chi connectivity index (χ3v) is 4.82. The van der Waals surface area contributed by atoms with E-state index in [1.807, 2.05) is 18.2 Å². The van der Waals surface area contributed by atoms with Crippen molar-refractivity contribution in [1.29, 1.82) is 0 Å². The van der Waals surface area contributed by atoms with Gasteiger partial charge in [0.2, 0.25) is 5.75 Å². The number of methoxy groups -OCH3 is 3. The van der Waals surface area contributed by atoms with Gasteiger partial charge in [0.25, 0.3) is 0 Å². The van der Waals surface area contributed by atoms with Crippen LogP contribution in [-0.2, 0) is 6.54 Å². The summed E-state index contributed by atoms with van der Waals surface area (Å²) in [5.74, 6) is 2.63. The Balaban J connectivity index is 0.00000480. The Kier molecular flexibility index (Phi) is 12.6. The van der Waals surface area contributed by atoms with Crippen molar-refractivity contribution < 1.29 is 14.2 Å². The van der Waals surface area contributed by atoms with Gasteiger partial charge in [-0.1, -0.05) is 18.2 Å². The Labute approximate surface area is 203 Å². The van der Waals surface area contributed by atoms with E-state index in [0.29, 0.717) is 23.8 Å². The highest BCUT2D eigenvalue weighted by Crippen LogP contribution is 2.38. The number of aliphatic imine (C=N–C) groups is 1. The quantitative estimate of drug-likeness (QED) is 0.194. The highest BCUT2D eigenvalue weighted by molar-refractivity contribution is 14.0. The molecule has 2 rings (SSSR count). The second-order valence-corrected chi connectivity index (χ2v) is 6.85. The van der Waals surface area contributed by atoms with E-state index in [9.17, 15) is 0 Å². The molecule has 7 nitrogen and oxygen atoms in total. The first-order chi connectivity index (χ1) is 14.6. The summed E-state index contributed by atoms with van der Waals surface area (Å²) in [6.07, 6.45) is 2.16. The van der Waals surface area contributed by atoms with Gasteiger partial charge in [-0.3, -0.25) is 4.99 Å². The molecule has 0 saturated carbocycles. The van der Waals surface area contributed by atoms with E-state index in [1.165, 1.54) is 5.69 Å². The van der Waals surface area contributed by atoms with Crippen molar-refractivity contribution in [3.63, 3.8) is 0 Å². The molecule has 8 heteroatoms. The molecule has 0 radical (unpaired) electrons. The number of hydrogen-bond donors (Lipinski definition) is 2.